The van der Waals surface area contributed by atoms with Gasteiger partial charge >= 0.3 is 0 Å². The Kier molecular flexibility index (Phi) is 4.59. The third-order valence-electron chi connectivity index (χ3n) is 1.91. The molecule has 0 heterocycles. The van der Waals surface area contributed by atoms with Gasteiger partial charge < -0.3 is 0 Å². The molecule has 0 rings (SSSR count). The summed E-state index contributed by atoms with van der Waals surface area (Å²) in [7, 11) is -3.86. The zero-order valence-electron chi connectivity index (χ0n) is 11.8. The molecule has 0 aromatic rings. The Morgan fingerprint density at radius 3 is 1.20 bits per heavy atom. The van der Waals surface area contributed by atoms with Crippen LogP contribution >= 0.6 is 0 Å². The van der Waals surface area contributed by atoms with Gasteiger partial charge in [-0.2, -0.15) is 0 Å². The van der Waals surface area contributed by atoms with E-state index in [-0.39, 0.29) is 4.75 Å². The summed E-state index contributed by atoms with van der Waals surface area (Å²) in [4.78, 5) is 0. The predicted molar refractivity (Wildman–Crippen MR) is 76.4 cm³/mol. The fourth-order valence-electron chi connectivity index (χ4n) is 1.78. The van der Waals surface area contributed by atoms with Crippen LogP contribution in [0.1, 0.15) is 20.8 Å². The topological polar surface area (TPSA) is 20.3 Å². The zero-order chi connectivity index (χ0) is 12.7. The van der Waals surface area contributed by atoms with E-state index in [0.717, 1.165) is 0 Å². The average molecular weight is 266 g/mol. The SMILES string of the molecule is CC(C)(C)S(=O)N([Si](C)(C)C)[Si](C)(C)C. The highest BCUT2D eigenvalue weighted by molar-refractivity contribution is 7.87. The average Bonchev–Trinajstić information content (AvgIpc) is 1.76. The molecule has 5 heteroatoms. The van der Waals surface area contributed by atoms with E-state index < -0.39 is 27.5 Å². The summed E-state index contributed by atoms with van der Waals surface area (Å²) < 4.78 is 14.8. The molecule has 1 atom stereocenters. The van der Waals surface area contributed by atoms with Gasteiger partial charge in [0.05, 0.1) is 15.7 Å². The first-order valence-corrected chi connectivity index (χ1v) is 13.5. The molecule has 15 heavy (non-hydrogen) atoms. The summed E-state index contributed by atoms with van der Waals surface area (Å²) in [5.74, 6) is 0. The van der Waals surface area contributed by atoms with Crippen LogP contribution in [0.5, 0.6) is 0 Å². The lowest BCUT2D eigenvalue weighted by Gasteiger charge is -2.45. The van der Waals surface area contributed by atoms with Crippen LogP contribution in [0.3, 0.4) is 0 Å². The largest absolute Gasteiger partial charge is 0.268 e. The van der Waals surface area contributed by atoms with Crippen LogP contribution < -0.4 is 0 Å². The van der Waals surface area contributed by atoms with E-state index in [1.165, 1.54) is 0 Å². The highest BCUT2D eigenvalue weighted by atomic mass is 32.2. The van der Waals surface area contributed by atoms with Gasteiger partial charge in [0.1, 0.15) is 16.5 Å². The van der Waals surface area contributed by atoms with E-state index in [4.69, 9.17) is 0 Å². The molecule has 92 valence electrons. The minimum Gasteiger partial charge on any atom is -0.268 e. The van der Waals surface area contributed by atoms with Gasteiger partial charge in [-0.1, -0.05) is 39.3 Å². The Balaban J connectivity index is 5.26. The lowest BCUT2D eigenvalue weighted by molar-refractivity contribution is 0.626. The molecule has 0 amide bonds. The van der Waals surface area contributed by atoms with Crippen molar-refractivity contribution >= 4 is 27.5 Å². The Morgan fingerprint density at radius 2 is 1.13 bits per heavy atom. The Morgan fingerprint density at radius 1 is 0.867 bits per heavy atom. The molecular weight excluding hydrogens is 238 g/mol. The van der Waals surface area contributed by atoms with Gasteiger partial charge in [-0.3, -0.25) is 3.64 Å². The molecule has 1 unspecified atom stereocenters. The highest BCUT2D eigenvalue weighted by Gasteiger charge is 2.42. The summed E-state index contributed by atoms with van der Waals surface area (Å²) in [5, 5.41) is 0. The lowest BCUT2D eigenvalue weighted by atomic mass is 10.3. The maximum Gasteiger partial charge on any atom is 0.126 e. The van der Waals surface area contributed by atoms with E-state index in [2.05, 4.69) is 63.7 Å². The molecule has 0 saturated carbocycles. The Bertz CT molecular complexity index is 234. The molecule has 0 N–H and O–H groups in total. The van der Waals surface area contributed by atoms with Crippen molar-refractivity contribution in [1.29, 1.82) is 0 Å². The predicted octanol–water partition coefficient (Wildman–Crippen LogP) is 3.42. The van der Waals surface area contributed by atoms with Crippen LogP contribution in [-0.2, 0) is 11.0 Å². The van der Waals surface area contributed by atoms with Gasteiger partial charge in [-0.15, -0.1) is 0 Å². The fraction of sp³-hybridized carbons (Fsp3) is 1.00. The first kappa shape index (κ1) is 15.5. The maximum atomic E-state index is 12.6. The Hall–Kier alpha value is 0.544. The second-order valence-corrected chi connectivity index (χ2v) is 19.8. The van der Waals surface area contributed by atoms with E-state index in [1.54, 1.807) is 0 Å². The summed E-state index contributed by atoms with van der Waals surface area (Å²) in [6, 6.07) is 0. The summed E-state index contributed by atoms with van der Waals surface area (Å²) in [5.41, 5.74) is 0. The second-order valence-electron chi connectivity index (χ2n) is 7.00. The Labute approximate surface area is 100 Å². The molecule has 0 aliphatic rings. The maximum absolute atomic E-state index is 12.6. The smallest absolute Gasteiger partial charge is 0.126 e. The molecule has 0 radical (unpaired) electrons. The molecule has 0 saturated heterocycles. The molecule has 0 aliphatic heterocycles. The van der Waals surface area contributed by atoms with Crippen molar-refractivity contribution in [2.75, 3.05) is 0 Å². The van der Waals surface area contributed by atoms with Gasteiger partial charge in [0.2, 0.25) is 0 Å². The zero-order valence-corrected chi connectivity index (χ0v) is 14.6. The van der Waals surface area contributed by atoms with Crippen LogP contribution in [0.4, 0.5) is 0 Å². The van der Waals surface area contributed by atoms with Crippen molar-refractivity contribution in [3.8, 4) is 0 Å². The first-order valence-electron chi connectivity index (χ1n) is 5.50. The van der Waals surface area contributed by atoms with Crippen molar-refractivity contribution in [2.24, 2.45) is 0 Å². The number of hydrogen-bond donors (Lipinski definition) is 0. The van der Waals surface area contributed by atoms with Crippen LogP contribution in [0, 0.1) is 0 Å². The molecule has 0 fully saturated rings. The number of nitrogens with zero attached hydrogens (tertiary/aromatic N) is 1. The van der Waals surface area contributed by atoms with Crippen LogP contribution in [0.2, 0.25) is 39.3 Å². The standard InChI is InChI=1S/C10H27NOSSi2/c1-10(2,3)13(12)11(14(4,5)6)15(7,8)9/h1-9H3. The molecular formula is C10H27NOSSi2. The third-order valence-corrected chi connectivity index (χ3v) is 14.0. The molecule has 0 bridgehead atoms. The molecule has 0 aromatic carbocycles. The third kappa shape index (κ3) is 4.50. The van der Waals surface area contributed by atoms with Crippen LogP contribution in [-0.4, -0.2) is 29.1 Å². The van der Waals surface area contributed by atoms with E-state index in [9.17, 15) is 4.21 Å². The van der Waals surface area contributed by atoms with Gasteiger partial charge in [0, 0.05) is 0 Å². The minimum atomic E-state index is -1.50. The molecule has 0 aromatic heterocycles. The highest BCUT2D eigenvalue weighted by Crippen LogP contribution is 2.27. The summed E-state index contributed by atoms with van der Waals surface area (Å²) >= 11 is 0. The van der Waals surface area contributed by atoms with Crippen molar-refractivity contribution in [2.45, 2.75) is 64.8 Å². The van der Waals surface area contributed by atoms with Crippen LogP contribution in [0.15, 0.2) is 0 Å². The van der Waals surface area contributed by atoms with E-state index >= 15 is 0 Å². The van der Waals surface area contributed by atoms with Crippen molar-refractivity contribution in [3.63, 3.8) is 0 Å². The number of hydrogen-bond acceptors (Lipinski definition) is 1. The molecule has 2 nitrogen and oxygen atoms in total. The van der Waals surface area contributed by atoms with Crippen molar-refractivity contribution in [1.82, 2.24) is 3.64 Å². The van der Waals surface area contributed by atoms with Crippen molar-refractivity contribution in [3.05, 3.63) is 0 Å². The first-order chi connectivity index (χ1) is 6.28. The number of rotatable bonds is 3. The van der Waals surface area contributed by atoms with Gasteiger partial charge in [-0.05, 0) is 20.8 Å². The van der Waals surface area contributed by atoms with E-state index in [0.29, 0.717) is 0 Å². The van der Waals surface area contributed by atoms with Gasteiger partial charge in [-0.25, -0.2) is 4.21 Å². The fourth-order valence-corrected chi connectivity index (χ4v) is 16.0. The quantitative estimate of drug-likeness (QED) is 0.716. The normalized spacial score (nSPS) is 16.9. The monoisotopic (exact) mass is 265 g/mol. The van der Waals surface area contributed by atoms with Gasteiger partial charge in [0.25, 0.3) is 0 Å². The van der Waals surface area contributed by atoms with Gasteiger partial charge in [0.15, 0.2) is 0 Å². The molecule has 0 aliphatic carbocycles. The van der Waals surface area contributed by atoms with E-state index in [1.807, 2.05) is 0 Å². The minimum absolute atomic E-state index is 0.138. The summed E-state index contributed by atoms with van der Waals surface area (Å²) in [6.45, 7) is 19.9. The van der Waals surface area contributed by atoms with Crippen LogP contribution in [0.25, 0.3) is 0 Å². The summed E-state index contributed by atoms with van der Waals surface area (Å²) in [6.07, 6.45) is 0. The molecule has 0 spiro atoms. The second kappa shape index (κ2) is 4.43. The lowest BCUT2D eigenvalue weighted by Crippen LogP contribution is -2.62. The van der Waals surface area contributed by atoms with Crippen molar-refractivity contribution < 1.29 is 4.21 Å².